The number of pyridine rings is 1. The summed E-state index contributed by atoms with van der Waals surface area (Å²) >= 11 is 1.04. The molecule has 0 saturated heterocycles. The molecule has 0 radical (unpaired) electrons. The van der Waals surface area contributed by atoms with Crippen molar-refractivity contribution < 1.29 is 14.4 Å². The molecule has 3 rings (SSSR count). The van der Waals surface area contributed by atoms with Crippen molar-refractivity contribution in [2.45, 2.75) is 5.03 Å². The molecule has 1 aromatic heterocycles. The number of carbonyl (C=O) groups excluding carboxylic acids is 3. The van der Waals surface area contributed by atoms with Gasteiger partial charge in [-0.3, -0.25) is 14.4 Å². The molecule has 0 saturated carbocycles. The summed E-state index contributed by atoms with van der Waals surface area (Å²) in [5.74, 6) is -1.41. The van der Waals surface area contributed by atoms with Crippen LogP contribution in [0.2, 0.25) is 0 Å². The van der Waals surface area contributed by atoms with Gasteiger partial charge in [0.15, 0.2) is 5.78 Å². The molecule has 0 atom stereocenters. The number of nitrogens with two attached hydrogens (primary N) is 2. The minimum Gasteiger partial charge on any atom is -0.383 e. The zero-order valence-corrected chi connectivity index (χ0v) is 16.1. The van der Waals surface area contributed by atoms with Gasteiger partial charge in [-0.1, -0.05) is 60.3 Å². The fourth-order valence-corrected chi connectivity index (χ4v) is 3.45. The molecule has 146 valence electrons. The lowest BCUT2D eigenvalue weighted by Crippen LogP contribution is -2.20. The molecule has 0 bridgehead atoms. The van der Waals surface area contributed by atoms with E-state index in [0.717, 1.165) is 11.8 Å². The highest BCUT2D eigenvalue weighted by Gasteiger charge is 2.20. The Morgan fingerprint density at radius 2 is 1.55 bits per heavy atom. The van der Waals surface area contributed by atoms with E-state index in [2.05, 4.69) is 10.3 Å². The zero-order valence-electron chi connectivity index (χ0n) is 15.3. The summed E-state index contributed by atoms with van der Waals surface area (Å²) in [6, 6.07) is 18.9. The predicted molar refractivity (Wildman–Crippen MR) is 113 cm³/mol. The number of hydrogen-bond acceptors (Lipinski definition) is 6. The van der Waals surface area contributed by atoms with Crippen LogP contribution in [0.25, 0.3) is 0 Å². The molecule has 5 N–H and O–H groups in total. The van der Waals surface area contributed by atoms with E-state index in [4.69, 9.17) is 11.5 Å². The van der Waals surface area contributed by atoms with Gasteiger partial charge in [-0.2, -0.15) is 0 Å². The molecule has 3 aromatic rings. The lowest BCUT2D eigenvalue weighted by Gasteiger charge is -2.11. The van der Waals surface area contributed by atoms with Gasteiger partial charge in [-0.05, 0) is 18.2 Å². The maximum absolute atomic E-state index is 12.5. The standard InChI is InChI=1S/C21H18N4O3S/c22-18-15(20(28)24-14-9-5-2-6-10-14)11-16(19(23)27)21(25-18)29-12-17(26)13-7-3-1-4-8-13/h1-11H,12H2,(H2,22,25)(H2,23,27)(H,24,28). The average Bonchev–Trinajstić information content (AvgIpc) is 2.73. The van der Waals surface area contributed by atoms with Crippen molar-refractivity contribution in [1.29, 1.82) is 0 Å². The van der Waals surface area contributed by atoms with Gasteiger partial charge in [0.05, 0.1) is 16.9 Å². The van der Waals surface area contributed by atoms with E-state index in [-0.39, 0.29) is 33.5 Å². The number of amides is 2. The first-order valence-corrected chi connectivity index (χ1v) is 9.62. The number of rotatable bonds is 7. The number of ketones is 1. The molecule has 0 spiro atoms. The monoisotopic (exact) mass is 406 g/mol. The first kappa shape index (κ1) is 20.1. The topological polar surface area (TPSA) is 128 Å². The van der Waals surface area contributed by atoms with E-state index in [1.807, 2.05) is 12.1 Å². The minimum atomic E-state index is -0.763. The number of aromatic nitrogens is 1. The molecular formula is C21H18N4O3S. The van der Waals surface area contributed by atoms with Crippen LogP contribution in [0.4, 0.5) is 11.5 Å². The molecule has 0 fully saturated rings. The van der Waals surface area contributed by atoms with Crippen molar-refractivity contribution in [3.8, 4) is 0 Å². The Bertz CT molecular complexity index is 1060. The molecule has 0 aliphatic heterocycles. The Morgan fingerprint density at radius 1 is 0.931 bits per heavy atom. The lowest BCUT2D eigenvalue weighted by atomic mass is 10.1. The number of benzene rings is 2. The third kappa shape index (κ3) is 4.99. The SMILES string of the molecule is NC(=O)c1cc(C(=O)Nc2ccccc2)c(N)nc1SCC(=O)c1ccccc1. The number of anilines is 2. The Labute approximate surface area is 171 Å². The highest BCUT2D eigenvalue weighted by atomic mass is 32.2. The lowest BCUT2D eigenvalue weighted by molar-refractivity contribution is 0.0992. The van der Waals surface area contributed by atoms with Gasteiger partial charge in [0, 0.05) is 11.3 Å². The van der Waals surface area contributed by atoms with Gasteiger partial charge in [-0.15, -0.1) is 0 Å². The van der Waals surface area contributed by atoms with E-state index in [1.54, 1.807) is 48.5 Å². The van der Waals surface area contributed by atoms with Crippen LogP contribution in [0, 0.1) is 0 Å². The molecule has 0 unspecified atom stereocenters. The third-order valence-corrected chi connectivity index (χ3v) is 4.99. The molecular weight excluding hydrogens is 388 g/mol. The van der Waals surface area contributed by atoms with Gasteiger partial charge in [0.2, 0.25) is 0 Å². The van der Waals surface area contributed by atoms with Crippen LogP contribution in [-0.4, -0.2) is 28.3 Å². The summed E-state index contributed by atoms with van der Waals surface area (Å²) in [4.78, 5) is 40.9. The number of thioether (sulfide) groups is 1. The van der Waals surface area contributed by atoms with Crippen LogP contribution >= 0.6 is 11.8 Å². The molecule has 7 nitrogen and oxygen atoms in total. The molecule has 0 aliphatic rings. The van der Waals surface area contributed by atoms with E-state index in [0.29, 0.717) is 11.3 Å². The number of para-hydroxylation sites is 1. The molecule has 29 heavy (non-hydrogen) atoms. The molecule has 8 heteroatoms. The third-order valence-electron chi connectivity index (χ3n) is 3.99. The summed E-state index contributed by atoms with van der Waals surface area (Å²) in [6.45, 7) is 0. The first-order valence-electron chi connectivity index (χ1n) is 8.63. The van der Waals surface area contributed by atoms with Crippen LogP contribution < -0.4 is 16.8 Å². The zero-order chi connectivity index (χ0) is 20.8. The Hall–Kier alpha value is -3.65. The van der Waals surface area contributed by atoms with E-state index in [1.165, 1.54) is 6.07 Å². The van der Waals surface area contributed by atoms with E-state index < -0.39 is 11.8 Å². The van der Waals surface area contributed by atoms with Gasteiger partial charge >= 0.3 is 0 Å². The number of carbonyl (C=O) groups is 3. The van der Waals surface area contributed by atoms with Crippen molar-refractivity contribution in [2.24, 2.45) is 5.73 Å². The Kier molecular flexibility index (Phi) is 6.25. The highest BCUT2D eigenvalue weighted by molar-refractivity contribution is 8.00. The number of nitrogens with one attached hydrogen (secondary N) is 1. The second kappa shape index (κ2) is 9.03. The highest BCUT2D eigenvalue weighted by Crippen LogP contribution is 2.26. The Balaban J connectivity index is 1.82. The fourth-order valence-electron chi connectivity index (χ4n) is 2.54. The summed E-state index contributed by atoms with van der Waals surface area (Å²) < 4.78 is 0. The average molecular weight is 406 g/mol. The second-order valence-corrected chi connectivity index (χ2v) is 7.00. The van der Waals surface area contributed by atoms with Crippen molar-refractivity contribution in [2.75, 3.05) is 16.8 Å². The quantitative estimate of drug-likeness (QED) is 0.409. The summed E-state index contributed by atoms with van der Waals surface area (Å²) in [5, 5.41) is 2.89. The van der Waals surface area contributed by atoms with Crippen LogP contribution in [0.15, 0.2) is 71.8 Å². The molecule has 2 amide bonds. The van der Waals surface area contributed by atoms with Crippen molar-refractivity contribution >= 4 is 40.9 Å². The predicted octanol–water partition coefficient (Wildman–Crippen LogP) is 2.99. The van der Waals surface area contributed by atoms with Crippen LogP contribution in [0.3, 0.4) is 0 Å². The van der Waals surface area contributed by atoms with Crippen molar-refractivity contribution in [3.05, 3.63) is 83.4 Å². The number of nitrogens with zero attached hydrogens (tertiary/aromatic N) is 1. The van der Waals surface area contributed by atoms with Crippen LogP contribution in [0.5, 0.6) is 0 Å². The summed E-state index contributed by atoms with van der Waals surface area (Å²) in [7, 11) is 0. The van der Waals surface area contributed by atoms with Gasteiger partial charge in [0.25, 0.3) is 11.8 Å². The van der Waals surface area contributed by atoms with Gasteiger partial charge < -0.3 is 16.8 Å². The normalized spacial score (nSPS) is 10.3. The smallest absolute Gasteiger partial charge is 0.259 e. The number of nitrogen functional groups attached to an aromatic ring is 1. The largest absolute Gasteiger partial charge is 0.383 e. The summed E-state index contributed by atoms with van der Waals surface area (Å²) in [5.41, 5.74) is 12.6. The second-order valence-electron chi connectivity index (χ2n) is 6.04. The minimum absolute atomic E-state index is 0.0291. The van der Waals surface area contributed by atoms with E-state index in [9.17, 15) is 14.4 Å². The number of hydrogen-bond donors (Lipinski definition) is 3. The van der Waals surface area contributed by atoms with Crippen molar-refractivity contribution in [3.63, 3.8) is 0 Å². The molecule has 0 aliphatic carbocycles. The summed E-state index contributed by atoms with van der Waals surface area (Å²) in [6.07, 6.45) is 0. The number of Topliss-reactive ketones (excluding diaryl/α,β-unsaturated/α-hetero) is 1. The van der Waals surface area contributed by atoms with Crippen molar-refractivity contribution in [1.82, 2.24) is 4.98 Å². The van der Waals surface area contributed by atoms with Gasteiger partial charge in [-0.25, -0.2) is 4.98 Å². The molecule has 2 aromatic carbocycles. The maximum Gasteiger partial charge on any atom is 0.259 e. The van der Waals surface area contributed by atoms with Gasteiger partial charge in [0.1, 0.15) is 10.8 Å². The number of primary amides is 1. The van der Waals surface area contributed by atoms with E-state index >= 15 is 0 Å². The van der Waals surface area contributed by atoms with Crippen LogP contribution in [0.1, 0.15) is 31.1 Å². The Morgan fingerprint density at radius 3 is 2.17 bits per heavy atom. The van der Waals surface area contributed by atoms with Crippen LogP contribution in [-0.2, 0) is 0 Å². The fraction of sp³-hybridized carbons (Fsp3) is 0.0476. The first-order chi connectivity index (χ1) is 14.0. The maximum atomic E-state index is 12.5. The molecule has 1 heterocycles.